The Labute approximate surface area is 144 Å². The van der Waals surface area contributed by atoms with Gasteiger partial charge < -0.3 is 5.11 Å². The van der Waals surface area contributed by atoms with Gasteiger partial charge in [-0.05, 0) is 48.4 Å². The zero-order chi connectivity index (χ0) is 16.9. The van der Waals surface area contributed by atoms with Crippen LogP contribution in [-0.2, 0) is 16.4 Å². The summed E-state index contributed by atoms with van der Waals surface area (Å²) in [6.07, 6.45) is 2.16. The minimum atomic E-state index is -3.79. The molecular weight excluding hydrogens is 348 g/mol. The van der Waals surface area contributed by atoms with Gasteiger partial charge in [-0.2, -0.15) is 0 Å². The standard InChI is InChI=1S/C17H13ClN2O3S/c18-12-4-3-11-7-9-20(14(11)10-12)24(22,23)16-6-5-15(21)17-13(16)2-1-8-19-17/h1-6,8,10,21H,7,9H2. The Balaban J connectivity index is 1.93. The molecule has 1 aliphatic rings. The van der Waals surface area contributed by atoms with Crippen LogP contribution in [0.4, 0.5) is 5.69 Å². The molecule has 0 aliphatic carbocycles. The van der Waals surface area contributed by atoms with Gasteiger partial charge in [-0.1, -0.05) is 17.7 Å². The predicted octanol–water partition coefficient (Wildman–Crippen LogP) is 3.35. The van der Waals surface area contributed by atoms with Crippen molar-refractivity contribution in [1.82, 2.24) is 4.98 Å². The van der Waals surface area contributed by atoms with E-state index < -0.39 is 10.0 Å². The van der Waals surface area contributed by atoms with Crippen LogP contribution in [0.25, 0.3) is 10.9 Å². The van der Waals surface area contributed by atoms with Crippen LogP contribution in [0.3, 0.4) is 0 Å². The number of fused-ring (bicyclic) bond motifs is 2. The number of hydrogen-bond acceptors (Lipinski definition) is 4. The molecule has 0 saturated heterocycles. The van der Waals surface area contributed by atoms with Crippen LogP contribution in [0.2, 0.25) is 5.02 Å². The Bertz CT molecular complexity index is 1070. The van der Waals surface area contributed by atoms with Crippen molar-refractivity contribution in [3.63, 3.8) is 0 Å². The minimum absolute atomic E-state index is 0.0468. The average molecular weight is 361 g/mol. The van der Waals surface area contributed by atoms with Crippen molar-refractivity contribution in [1.29, 1.82) is 0 Å². The molecule has 0 spiro atoms. The fraction of sp³-hybridized carbons (Fsp3) is 0.118. The Hall–Kier alpha value is -2.31. The van der Waals surface area contributed by atoms with E-state index in [1.54, 1.807) is 24.3 Å². The number of hydrogen-bond donors (Lipinski definition) is 1. The lowest BCUT2D eigenvalue weighted by Crippen LogP contribution is -2.29. The maximum absolute atomic E-state index is 13.2. The number of pyridine rings is 1. The molecule has 7 heteroatoms. The third-order valence-corrected chi connectivity index (χ3v) is 6.28. The second-order valence-electron chi connectivity index (χ2n) is 5.58. The molecule has 2 heterocycles. The second kappa shape index (κ2) is 5.36. The summed E-state index contributed by atoms with van der Waals surface area (Å²) in [6.45, 7) is 0.362. The van der Waals surface area contributed by atoms with Gasteiger partial charge in [-0.3, -0.25) is 9.29 Å². The third kappa shape index (κ3) is 2.22. The van der Waals surface area contributed by atoms with E-state index in [1.165, 1.54) is 22.6 Å². The Kier molecular flexibility index (Phi) is 3.40. The number of nitrogens with zero attached hydrogens (tertiary/aromatic N) is 2. The number of rotatable bonds is 2. The second-order valence-corrected chi connectivity index (χ2v) is 7.85. The number of phenolic OH excluding ortho intramolecular Hbond substituents is 1. The van der Waals surface area contributed by atoms with E-state index in [9.17, 15) is 13.5 Å². The van der Waals surface area contributed by atoms with E-state index in [1.807, 2.05) is 6.07 Å². The van der Waals surface area contributed by atoms with E-state index >= 15 is 0 Å². The van der Waals surface area contributed by atoms with E-state index in [4.69, 9.17) is 11.6 Å². The SMILES string of the molecule is O=S(=O)(c1ccc(O)c2ncccc12)N1CCc2ccc(Cl)cc21. The molecular formula is C17H13ClN2O3S. The monoisotopic (exact) mass is 360 g/mol. The summed E-state index contributed by atoms with van der Waals surface area (Å²) < 4.78 is 27.8. The zero-order valence-electron chi connectivity index (χ0n) is 12.5. The third-order valence-electron chi connectivity index (χ3n) is 4.18. The summed E-state index contributed by atoms with van der Waals surface area (Å²) in [6, 6.07) is 11.3. The summed E-state index contributed by atoms with van der Waals surface area (Å²) >= 11 is 6.04. The normalized spacial score (nSPS) is 14.1. The van der Waals surface area contributed by atoms with Crippen LogP contribution in [0.15, 0.2) is 53.6 Å². The van der Waals surface area contributed by atoms with Gasteiger partial charge >= 0.3 is 0 Å². The lowest BCUT2D eigenvalue weighted by Gasteiger charge is -2.21. The van der Waals surface area contributed by atoms with Crippen molar-refractivity contribution in [3.8, 4) is 5.75 Å². The lowest BCUT2D eigenvalue weighted by molar-refractivity contribution is 0.480. The molecule has 24 heavy (non-hydrogen) atoms. The number of phenols is 1. The van der Waals surface area contributed by atoms with E-state index in [0.717, 1.165) is 5.56 Å². The Morgan fingerprint density at radius 3 is 2.83 bits per heavy atom. The summed E-state index contributed by atoms with van der Waals surface area (Å²) in [5.41, 5.74) is 1.82. The number of halogens is 1. The maximum atomic E-state index is 13.2. The fourth-order valence-corrected chi connectivity index (χ4v) is 4.89. The van der Waals surface area contributed by atoms with Gasteiger partial charge in [0.2, 0.25) is 0 Å². The number of aromatic hydroxyl groups is 1. The predicted molar refractivity (Wildman–Crippen MR) is 93.1 cm³/mol. The molecule has 0 amide bonds. The van der Waals surface area contributed by atoms with Gasteiger partial charge in [0.05, 0.1) is 10.6 Å². The highest BCUT2D eigenvalue weighted by atomic mass is 35.5. The molecule has 122 valence electrons. The molecule has 1 N–H and O–H groups in total. The molecule has 0 saturated carbocycles. The van der Waals surface area contributed by atoms with Crippen molar-refractivity contribution >= 4 is 38.2 Å². The zero-order valence-corrected chi connectivity index (χ0v) is 14.0. The van der Waals surface area contributed by atoms with Crippen LogP contribution in [0.1, 0.15) is 5.56 Å². The molecule has 0 unspecified atom stereocenters. The highest BCUT2D eigenvalue weighted by Gasteiger charge is 2.32. The van der Waals surface area contributed by atoms with Crippen LogP contribution >= 0.6 is 11.6 Å². The van der Waals surface area contributed by atoms with Gasteiger partial charge in [0, 0.05) is 23.2 Å². The first-order valence-corrected chi connectivity index (χ1v) is 9.18. The molecule has 0 fully saturated rings. The summed E-state index contributed by atoms with van der Waals surface area (Å²) in [7, 11) is -3.79. The summed E-state index contributed by atoms with van der Waals surface area (Å²) in [5, 5.41) is 10.8. The van der Waals surface area contributed by atoms with E-state index in [-0.39, 0.29) is 16.2 Å². The molecule has 1 aliphatic heterocycles. The van der Waals surface area contributed by atoms with Gasteiger partial charge in [0.25, 0.3) is 10.0 Å². The quantitative estimate of drug-likeness (QED) is 0.760. The number of sulfonamides is 1. The molecule has 5 nitrogen and oxygen atoms in total. The maximum Gasteiger partial charge on any atom is 0.265 e. The number of aromatic nitrogens is 1. The van der Waals surface area contributed by atoms with Gasteiger partial charge in [-0.15, -0.1) is 0 Å². The summed E-state index contributed by atoms with van der Waals surface area (Å²) in [4.78, 5) is 4.21. The minimum Gasteiger partial charge on any atom is -0.506 e. The van der Waals surface area contributed by atoms with Crippen molar-refractivity contribution in [3.05, 3.63) is 59.2 Å². The van der Waals surface area contributed by atoms with Crippen molar-refractivity contribution in [2.45, 2.75) is 11.3 Å². The first-order chi connectivity index (χ1) is 11.5. The smallest absolute Gasteiger partial charge is 0.265 e. The molecule has 0 atom stereocenters. The topological polar surface area (TPSA) is 70.5 Å². The molecule has 4 rings (SSSR count). The van der Waals surface area contributed by atoms with Gasteiger partial charge in [-0.25, -0.2) is 8.42 Å². The summed E-state index contributed by atoms with van der Waals surface area (Å²) in [5.74, 6) is -0.0468. The van der Waals surface area contributed by atoms with E-state index in [0.29, 0.717) is 29.1 Å². The van der Waals surface area contributed by atoms with Crippen molar-refractivity contribution < 1.29 is 13.5 Å². The molecule has 1 aromatic heterocycles. The molecule has 2 aromatic carbocycles. The number of anilines is 1. The van der Waals surface area contributed by atoms with E-state index in [2.05, 4.69) is 4.98 Å². The van der Waals surface area contributed by atoms with Crippen LogP contribution in [0.5, 0.6) is 5.75 Å². The first-order valence-electron chi connectivity index (χ1n) is 7.36. The van der Waals surface area contributed by atoms with Crippen molar-refractivity contribution in [2.24, 2.45) is 0 Å². The van der Waals surface area contributed by atoms with Crippen LogP contribution in [0, 0.1) is 0 Å². The van der Waals surface area contributed by atoms with Gasteiger partial charge in [0.1, 0.15) is 11.3 Å². The Morgan fingerprint density at radius 2 is 2.00 bits per heavy atom. The highest BCUT2D eigenvalue weighted by Crippen LogP contribution is 2.37. The largest absolute Gasteiger partial charge is 0.506 e. The highest BCUT2D eigenvalue weighted by molar-refractivity contribution is 7.93. The van der Waals surface area contributed by atoms with Crippen molar-refractivity contribution in [2.75, 3.05) is 10.8 Å². The van der Waals surface area contributed by atoms with Crippen LogP contribution < -0.4 is 4.31 Å². The lowest BCUT2D eigenvalue weighted by atomic mass is 10.2. The molecule has 0 bridgehead atoms. The first kappa shape index (κ1) is 15.2. The number of benzene rings is 2. The fourth-order valence-electron chi connectivity index (χ4n) is 3.05. The molecule has 3 aromatic rings. The average Bonchev–Trinajstić information content (AvgIpc) is 2.99. The molecule has 0 radical (unpaired) electrons. The van der Waals surface area contributed by atoms with Gasteiger partial charge in [0.15, 0.2) is 0 Å². The Morgan fingerprint density at radius 1 is 1.17 bits per heavy atom. The van der Waals surface area contributed by atoms with Crippen LogP contribution in [-0.4, -0.2) is 25.1 Å².